The van der Waals surface area contributed by atoms with Crippen LogP contribution in [0.2, 0.25) is 0 Å². The van der Waals surface area contributed by atoms with E-state index < -0.39 is 41.4 Å². The minimum atomic E-state index is -1.05. The molecular formula is C16H29BrN2O6. The Morgan fingerprint density at radius 1 is 0.920 bits per heavy atom. The first-order chi connectivity index (χ1) is 11.3. The first kappa shape index (κ1) is 23.5. The fourth-order valence-corrected chi connectivity index (χ4v) is 2.29. The zero-order chi connectivity index (χ0) is 19.8. The van der Waals surface area contributed by atoms with E-state index in [-0.39, 0.29) is 0 Å². The fraction of sp³-hybridized carbons (Fsp3) is 0.812. The predicted molar refractivity (Wildman–Crippen MR) is 96.4 cm³/mol. The molecule has 25 heavy (non-hydrogen) atoms. The van der Waals surface area contributed by atoms with Gasteiger partial charge in [-0.1, -0.05) is 15.9 Å². The van der Waals surface area contributed by atoms with E-state index in [2.05, 4.69) is 26.6 Å². The molecule has 0 bridgehead atoms. The lowest BCUT2D eigenvalue weighted by atomic mass is 10.0. The minimum Gasteiger partial charge on any atom is -0.469 e. The summed E-state index contributed by atoms with van der Waals surface area (Å²) in [6.07, 6.45) is -2.26. The molecule has 1 unspecified atom stereocenters. The zero-order valence-corrected chi connectivity index (χ0v) is 17.5. The maximum Gasteiger partial charge on any atom is 0.409 e. The molecule has 0 aromatic heterocycles. The maximum absolute atomic E-state index is 12.1. The summed E-state index contributed by atoms with van der Waals surface area (Å²) in [4.78, 5) is 36.2. The lowest BCUT2D eigenvalue weighted by molar-refractivity contribution is -0.146. The molecule has 0 aliphatic carbocycles. The Bertz CT molecular complexity index is 440. The van der Waals surface area contributed by atoms with Crippen molar-refractivity contribution in [3.8, 4) is 0 Å². The van der Waals surface area contributed by atoms with Crippen molar-refractivity contribution in [2.45, 2.75) is 65.3 Å². The van der Waals surface area contributed by atoms with Crippen LogP contribution in [0.15, 0.2) is 0 Å². The molecule has 0 saturated carbocycles. The van der Waals surface area contributed by atoms with Gasteiger partial charge in [-0.15, -0.1) is 0 Å². The third-order valence-electron chi connectivity index (χ3n) is 2.67. The second kappa shape index (κ2) is 9.84. The highest BCUT2D eigenvalue weighted by atomic mass is 79.9. The van der Waals surface area contributed by atoms with E-state index in [4.69, 9.17) is 14.2 Å². The van der Waals surface area contributed by atoms with E-state index in [0.29, 0.717) is 11.8 Å². The van der Waals surface area contributed by atoms with Crippen LogP contribution in [0, 0.1) is 5.92 Å². The molecular weight excluding hydrogens is 396 g/mol. The van der Waals surface area contributed by atoms with Gasteiger partial charge in [-0.25, -0.2) is 9.59 Å². The number of nitrogens with one attached hydrogen (secondary N) is 2. The Morgan fingerprint density at radius 2 is 1.32 bits per heavy atom. The summed E-state index contributed by atoms with van der Waals surface area (Å²) in [7, 11) is 1.24. The average molecular weight is 425 g/mol. The number of alkyl carbamates (subject to hydrolysis) is 2. The molecule has 0 aromatic carbocycles. The van der Waals surface area contributed by atoms with Crippen LogP contribution in [-0.2, 0) is 19.0 Å². The largest absolute Gasteiger partial charge is 0.469 e. The van der Waals surface area contributed by atoms with Crippen LogP contribution in [0.25, 0.3) is 0 Å². The van der Waals surface area contributed by atoms with E-state index in [1.165, 1.54) is 7.11 Å². The number of methoxy groups -OCH3 is 1. The molecule has 0 aliphatic heterocycles. The van der Waals surface area contributed by atoms with E-state index in [9.17, 15) is 14.4 Å². The third kappa shape index (κ3) is 10.9. The van der Waals surface area contributed by atoms with Gasteiger partial charge in [0.2, 0.25) is 0 Å². The SMILES string of the molecule is COC(=O)C(CCBr)C(NC(=O)OC(C)(C)C)NC(=O)OC(C)(C)C. The van der Waals surface area contributed by atoms with Crippen LogP contribution >= 0.6 is 15.9 Å². The van der Waals surface area contributed by atoms with Crippen molar-refractivity contribution in [3.63, 3.8) is 0 Å². The van der Waals surface area contributed by atoms with Crippen LogP contribution in [-0.4, -0.2) is 48.0 Å². The summed E-state index contributed by atoms with van der Waals surface area (Å²) >= 11 is 3.25. The molecule has 0 rings (SSSR count). The lowest BCUT2D eigenvalue weighted by Gasteiger charge is -2.29. The minimum absolute atomic E-state index is 0.322. The van der Waals surface area contributed by atoms with Gasteiger partial charge in [0.05, 0.1) is 13.0 Å². The molecule has 0 aromatic rings. The Morgan fingerprint density at radius 3 is 1.60 bits per heavy atom. The number of alkyl halides is 1. The Balaban J connectivity index is 5.29. The molecule has 0 fully saturated rings. The van der Waals surface area contributed by atoms with Crippen LogP contribution in [0.5, 0.6) is 0 Å². The Labute approximate surface area is 157 Å². The predicted octanol–water partition coefficient (Wildman–Crippen LogP) is 2.94. The summed E-state index contributed by atoms with van der Waals surface area (Å²) in [6, 6.07) is 0. The quantitative estimate of drug-likeness (QED) is 0.294. The number of amides is 2. The number of esters is 1. The monoisotopic (exact) mass is 424 g/mol. The number of carbonyl (C=O) groups excluding carboxylic acids is 3. The third-order valence-corrected chi connectivity index (χ3v) is 3.13. The van der Waals surface area contributed by atoms with Gasteiger partial charge < -0.3 is 24.8 Å². The highest BCUT2D eigenvalue weighted by molar-refractivity contribution is 9.09. The fourth-order valence-electron chi connectivity index (χ4n) is 1.80. The Hall–Kier alpha value is -1.51. The second-order valence-corrected chi connectivity index (χ2v) is 8.17. The molecule has 146 valence electrons. The van der Waals surface area contributed by atoms with E-state index in [1.54, 1.807) is 41.5 Å². The lowest BCUT2D eigenvalue weighted by Crippen LogP contribution is -2.56. The van der Waals surface area contributed by atoms with Crippen molar-refractivity contribution in [2.75, 3.05) is 12.4 Å². The first-order valence-electron chi connectivity index (χ1n) is 7.92. The first-order valence-corrected chi connectivity index (χ1v) is 9.04. The van der Waals surface area contributed by atoms with Crippen molar-refractivity contribution in [3.05, 3.63) is 0 Å². The zero-order valence-electron chi connectivity index (χ0n) is 15.9. The van der Waals surface area contributed by atoms with Gasteiger partial charge in [0, 0.05) is 5.33 Å². The highest BCUT2D eigenvalue weighted by Gasteiger charge is 2.33. The molecule has 0 heterocycles. The van der Waals surface area contributed by atoms with Gasteiger partial charge >= 0.3 is 18.2 Å². The van der Waals surface area contributed by atoms with Crippen molar-refractivity contribution < 1.29 is 28.6 Å². The number of halogens is 1. The molecule has 2 amide bonds. The summed E-state index contributed by atoms with van der Waals surface area (Å²) in [6.45, 7) is 10.2. The molecule has 2 N–H and O–H groups in total. The number of hydrogen-bond donors (Lipinski definition) is 2. The smallest absolute Gasteiger partial charge is 0.409 e. The summed E-state index contributed by atoms with van der Waals surface area (Å²) in [5, 5.41) is 5.46. The number of carbonyl (C=O) groups is 3. The van der Waals surface area contributed by atoms with Crippen LogP contribution in [0.1, 0.15) is 48.0 Å². The van der Waals surface area contributed by atoms with E-state index in [0.717, 1.165) is 0 Å². The summed E-state index contributed by atoms with van der Waals surface area (Å²) in [5.41, 5.74) is -1.45. The standard InChI is InChI=1S/C16H29BrN2O6/c1-15(2,3)24-13(21)18-11(10(8-9-17)12(20)23-7)19-14(22)25-16(4,5)6/h10-11H,8-9H2,1-7H3,(H,18,21)(H,19,22). The van der Waals surface area contributed by atoms with Crippen LogP contribution in [0.3, 0.4) is 0 Å². The molecule has 0 radical (unpaired) electrons. The molecule has 1 atom stereocenters. The van der Waals surface area contributed by atoms with Gasteiger partial charge in [-0.3, -0.25) is 4.79 Å². The van der Waals surface area contributed by atoms with Gasteiger partial charge in [0.25, 0.3) is 0 Å². The van der Waals surface area contributed by atoms with Gasteiger partial charge in [0.1, 0.15) is 17.4 Å². The average Bonchev–Trinajstić information content (AvgIpc) is 2.39. The van der Waals surface area contributed by atoms with Crippen molar-refractivity contribution in [2.24, 2.45) is 5.92 Å². The Kier molecular flexibility index (Phi) is 9.24. The van der Waals surface area contributed by atoms with E-state index >= 15 is 0 Å². The summed E-state index contributed by atoms with van der Waals surface area (Å²) in [5.74, 6) is -1.39. The number of ether oxygens (including phenoxy) is 3. The van der Waals surface area contributed by atoms with Gasteiger partial charge in [0.15, 0.2) is 0 Å². The van der Waals surface area contributed by atoms with Crippen molar-refractivity contribution >= 4 is 34.1 Å². The van der Waals surface area contributed by atoms with Crippen LogP contribution in [0.4, 0.5) is 9.59 Å². The number of rotatable bonds is 6. The van der Waals surface area contributed by atoms with Gasteiger partial charge in [-0.05, 0) is 48.0 Å². The van der Waals surface area contributed by atoms with Crippen LogP contribution < -0.4 is 10.6 Å². The van der Waals surface area contributed by atoms with Crippen molar-refractivity contribution in [1.82, 2.24) is 10.6 Å². The molecule has 9 heteroatoms. The molecule has 0 spiro atoms. The van der Waals surface area contributed by atoms with Gasteiger partial charge in [-0.2, -0.15) is 0 Å². The molecule has 0 saturated heterocycles. The highest BCUT2D eigenvalue weighted by Crippen LogP contribution is 2.15. The number of hydrogen-bond acceptors (Lipinski definition) is 6. The topological polar surface area (TPSA) is 103 Å². The molecule has 8 nitrogen and oxygen atoms in total. The normalized spacial score (nSPS) is 13.0. The second-order valence-electron chi connectivity index (χ2n) is 7.38. The summed E-state index contributed by atoms with van der Waals surface area (Å²) < 4.78 is 15.1. The van der Waals surface area contributed by atoms with Crippen molar-refractivity contribution in [1.29, 1.82) is 0 Å². The van der Waals surface area contributed by atoms with E-state index in [1.807, 2.05) is 0 Å². The maximum atomic E-state index is 12.1. The molecule has 0 aliphatic rings.